The molecule has 1 saturated carbocycles. The summed E-state index contributed by atoms with van der Waals surface area (Å²) in [6.07, 6.45) is 6.24. The minimum absolute atomic E-state index is 0.275. The third kappa shape index (κ3) is 4.51. The van der Waals surface area contributed by atoms with Crippen molar-refractivity contribution in [1.29, 1.82) is 0 Å². The number of anilines is 1. The monoisotopic (exact) mass is 262 g/mol. The highest BCUT2D eigenvalue weighted by molar-refractivity contribution is 5.40. The molecule has 106 valence electrons. The van der Waals surface area contributed by atoms with Crippen LogP contribution in [0.15, 0.2) is 24.3 Å². The van der Waals surface area contributed by atoms with Crippen molar-refractivity contribution in [3.8, 4) is 0 Å². The number of nitrogens with zero attached hydrogens (tertiary/aromatic N) is 1. The first kappa shape index (κ1) is 14.4. The molecule has 3 heteroatoms. The molecule has 0 amide bonds. The van der Waals surface area contributed by atoms with E-state index in [1.165, 1.54) is 37.7 Å². The van der Waals surface area contributed by atoms with E-state index in [0.29, 0.717) is 6.04 Å². The van der Waals surface area contributed by atoms with E-state index in [-0.39, 0.29) is 6.10 Å². The van der Waals surface area contributed by atoms with Crippen molar-refractivity contribution in [2.24, 2.45) is 0 Å². The maximum absolute atomic E-state index is 9.72. The molecule has 0 heterocycles. The van der Waals surface area contributed by atoms with Crippen LogP contribution in [0.25, 0.3) is 0 Å². The van der Waals surface area contributed by atoms with Gasteiger partial charge in [0, 0.05) is 24.8 Å². The Hall–Kier alpha value is -1.06. The van der Waals surface area contributed by atoms with Crippen molar-refractivity contribution >= 4 is 5.69 Å². The van der Waals surface area contributed by atoms with Crippen LogP contribution in [0.1, 0.15) is 44.6 Å². The summed E-state index contributed by atoms with van der Waals surface area (Å²) in [4.78, 5) is 2.43. The molecule has 1 unspecified atom stereocenters. The summed E-state index contributed by atoms with van der Waals surface area (Å²) in [6, 6.07) is 8.70. The molecule has 0 spiro atoms. The molecule has 19 heavy (non-hydrogen) atoms. The second-order valence-corrected chi connectivity index (χ2v) is 5.82. The Morgan fingerprint density at radius 3 is 2.68 bits per heavy atom. The van der Waals surface area contributed by atoms with Crippen LogP contribution in [-0.2, 0) is 6.54 Å². The van der Waals surface area contributed by atoms with E-state index in [9.17, 15) is 5.11 Å². The van der Waals surface area contributed by atoms with Gasteiger partial charge in [-0.25, -0.2) is 0 Å². The summed E-state index contributed by atoms with van der Waals surface area (Å²) >= 11 is 0. The SMILES string of the molecule is CC(O)CN(Cc1cccc(N)c1)C1CCCCC1. The highest BCUT2D eigenvalue weighted by atomic mass is 16.3. The van der Waals surface area contributed by atoms with E-state index in [4.69, 9.17) is 5.73 Å². The molecule has 0 saturated heterocycles. The largest absolute Gasteiger partial charge is 0.399 e. The average Bonchev–Trinajstić information content (AvgIpc) is 2.38. The summed E-state index contributed by atoms with van der Waals surface area (Å²) in [5.41, 5.74) is 7.91. The maximum atomic E-state index is 9.72. The van der Waals surface area contributed by atoms with Gasteiger partial charge in [-0.2, -0.15) is 0 Å². The molecule has 0 aliphatic heterocycles. The smallest absolute Gasteiger partial charge is 0.0639 e. The van der Waals surface area contributed by atoms with Crippen molar-refractivity contribution in [1.82, 2.24) is 4.90 Å². The molecule has 0 bridgehead atoms. The number of benzene rings is 1. The summed E-state index contributed by atoms with van der Waals surface area (Å²) in [7, 11) is 0. The van der Waals surface area contributed by atoms with Gasteiger partial charge < -0.3 is 10.8 Å². The molecule has 3 N–H and O–H groups in total. The zero-order valence-corrected chi connectivity index (χ0v) is 11.9. The van der Waals surface area contributed by atoms with Crippen LogP contribution in [-0.4, -0.2) is 28.7 Å². The van der Waals surface area contributed by atoms with Crippen LogP contribution in [0.5, 0.6) is 0 Å². The first-order valence-corrected chi connectivity index (χ1v) is 7.41. The van der Waals surface area contributed by atoms with Gasteiger partial charge in [0.2, 0.25) is 0 Å². The third-order valence-corrected chi connectivity index (χ3v) is 3.93. The lowest BCUT2D eigenvalue weighted by molar-refractivity contribution is 0.0769. The molecule has 2 rings (SSSR count). The van der Waals surface area contributed by atoms with E-state index in [1.807, 2.05) is 25.1 Å². The number of nitrogens with two attached hydrogens (primary N) is 1. The van der Waals surface area contributed by atoms with Crippen LogP contribution in [0.2, 0.25) is 0 Å². The Morgan fingerprint density at radius 2 is 2.05 bits per heavy atom. The van der Waals surface area contributed by atoms with Crippen LogP contribution in [0, 0.1) is 0 Å². The van der Waals surface area contributed by atoms with Gasteiger partial charge in [0.25, 0.3) is 0 Å². The molecule has 3 nitrogen and oxygen atoms in total. The second-order valence-electron chi connectivity index (χ2n) is 5.82. The number of hydrogen-bond acceptors (Lipinski definition) is 3. The Morgan fingerprint density at radius 1 is 1.32 bits per heavy atom. The van der Waals surface area contributed by atoms with Crippen LogP contribution in [0.4, 0.5) is 5.69 Å². The molecule has 1 aliphatic rings. The Labute approximate surface area is 116 Å². The molecular weight excluding hydrogens is 236 g/mol. The average molecular weight is 262 g/mol. The normalized spacial score (nSPS) is 18.7. The van der Waals surface area contributed by atoms with Crippen LogP contribution in [0.3, 0.4) is 0 Å². The fourth-order valence-electron chi connectivity index (χ4n) is 3.05. The number of nitrogen functional groups attached to an aromatic ring is 1. The van der Waals surface area contributed by atoms with Crippen molar-refractivity contribution in [3.05, 3.63) is 29.8 Å². The van der Waals surface area contributed by atoms with Crippen molar-refractivity contribution in [2.75, 3.05) is 12.3 Å². The van der Waals surface area contributed by atoms with Gasteiger partial charge in [-0.15, -0.1) is 0 Å². The van der Waals surface area contributed by atoms with E-state index in [1.54, 1.807) is 0 Å². The van der Waals surface area contributed by atoms with Gasteiger partial charge in [-0.3, -0.25) is 4.90 Å². The molecule has 1 aliphatic carbocycles. The fraction of sp³-hybridized carbons (Fsp3) is 0.625. The molecule has 1 aromatic carbocycles. The van der Waals surface area contributed by atoms with Crippen LogP contribution < -0.4 is 5.73 Å². The standard InChI is InChI=1S/C16H26N2O/c1-13(19)11-18(16-8-3-2-4-9-16)12-14-6-5-7-15(17)10-14/h5-7,10,13,16,19H,2-4,8-9,11-12,17H2,1H3. The molecule has 0 radical (unpaired) electrons. The molecule has 1 fully saturated rings. The lowest BCUT2D eigenvalue weighted by atomic mass is 9.93. The quantitative estimate of drug-likeness (QED) is 0.802. The van der Waals surface area contributed by atoms with E-state index >= 15 is 0 Å². The number of rotatable bonds is 5. The number of hydrogen-bond donors (Lipinski definition) is 2. The minimum atomic E-state index is -0.275. The summed E-state index contributed by atoms with van der Waals surface area (Å²) in [6.45, 7) is 3.51. The molecule has 1 atom stereocenters. The first-order chi connectivity index (χ1) is 9.15. The van der Waals surface area contributed by atoms with Gasteiger partial charge >= 0.3 is 0 Å². The topological polar surface area (TPSA) is 49.5 Å². The summed E-state index contributed by atoms with van der Waals surface area (Å²) in [5.74, 6) is 0. The minimum Gasteiger partial charge on any atom is -0.399 e. The molecular formula is C16H26N2O. The Balaban J connectivity index is 2.04. The lowest BCUT2D eigenvalue weighted by Gasteiger charge is -2.35. The van der Waals surface area contributed by atoms with Crippen LogP contribution >= 0.6 is 0 Å². The number of aliphatic hydroxyl groups is 1. The second kappa shape index (κ2) is 6.92. The maximum Gasteiger partial charge on any atom is 0.0639 e. The van der Waals surface area contributed by atoms with Crippen molar-refractivity contribution in [3.63, 3.8) is 0 Å². The predicted octanol–water partition coefficient (Wildman–Crippen LogP) is 2.78. The zero-order valence-electron chi connectivity index (χ0n) is 11.9. The first-order valence-electron chi connectivity index (χ1n) is 7.41. The van der Waals surface area contributed by atoms with E-state index in [2.05, 4.69) is 11.0 Å². The highest BCUT2D eigenvalue weighted by Gasteiger charge is 2.22. The zero-order chi connectivity index (χ0) is 13.7. The van der Waals surface area contributed by atoms with Gasteiger partial charge in [-0.1, -0.05) is 31.4 Å². The number of aliphatic hydroxyl groups excluding tert-OH is 1. The molecule has 0 aromatic heterocycles. The molecule has 1 aromatic rings. The van der Waals surface area contributed by atoms with Crippen molar-refractivity contribution in [2.45, 2.75) is 57.7 Å². The lowest BCUT2D eigenvalue weighted by Crippen LogP contribution is -2.40. The fourth-order valence-corrected chi connectivity index (χ4v) is 3.05. The summed E-state index contributed by atoms with van der Waals surface area (Å²) in [5, 5.41) is 9.72. The van der Waals surface area contributed by atoms with Gasteiger partial charge in [0.1, 0.15) is 0 Å². The Kier molecular flexibility index (Phi) is 5.23. The summed E-state index contributed by atoms with van der Waals surface area (Å²) < 4.78 is 0. The van der Waals surface area contributed by atoms with E-state index < -0.39 is 0 Å². The van der Waals surface area contributed by atoms with E-state index in [0.717, 1.165) is 18.8 Å². The Bertz CT molecular complexity index is 386. The van der Waals surface area contributed by atoms with Gasteiger partial charge in [0.05, 0.1) is 6.10 Å². The predicted molar refractivity (Wildman–Crippen MR) is 79.8 cm³/mol. The third-order valence-electron chi connectivity index (χ3n) is 3.93. The van der Waals surface area contributed by atoms with Gasteiger partial charge in [-0.05, 0) is 37.5 Å². The van der Waals surface area contributed by atoms with Crippen molar-refractivity contribution < 1.29 is 5.11 Å². The highest BCUT2D eigenvalue weighted by Crippen LogP contribution is 2.24. The van der Waals surface area contributed by atoms with Gasteiger partial charge in [0.15, 0.2) is 0 Å².